The molecule has 27 heavy (non-hydrogen) atoms. The summed E-state index contributed by atoms with van der Waals surface area (Å²) in [6, 6.07) is 21.3. The number of methoxy groups -OCH3 is 1. The van der Waals surface area contributed by atoms with E-state index in [1.807, 2.05) is 66.0 Å². The number of para-hydroxylation sites is 1. The van der Waals surface area contributed by atoms with Gasteiger partial charge in [0.15, 0.2) is 0 Å². The normalized spacial score (nSPS) is 10.7. The van der Waals surface area contributed by atoms with Gasteiger partial charge in [0, 0.05) is 17.0 Å². The lowest BCUT2D eigenvalue weighted by molar-refractivity contribution is 0.0478. The minimum Gasteiger partial charge on any atom is -0.496 e. The maximum absolute atomic E-state index is 11.9. The van der Waals surface area contributed by atoms with Crippen LogP contribution in [0.5, 0.6) is 5.75 Å². The maximum atomic E-state index is 11.9. The summed E-state index contributed by atoms with van der Waals surface area (Å²) in [6.07, 6.45) is 0. The topological polar surface area (TPSA) is 48.4 Å². The van der Waals surface area contributed by atoms with Gasteiger partial charge >= 0.3 is 5.97 Å². The SMILES string of the molecule is COc1cc(-c2ccc(COC(=O)c3cccs3)cc2)nc2ccccc12. The second-order valence-corrected chi connectivity index (χ2v) is 6.92. The summed E-state index contributed by atoms with van der Waals surface area (Å²) < 4.78 is 10.9. The van der Waals surface area contributed by atoms with Crippen molar-refractivity contribution in [3.8, 4) is 17.0 Å². The molecule has 5 heteroatoms. The molecular weight excluding hydrogens is 358 g/mol. The molecule has 2 aromatic heterocycles. The molecule has 0 aliphatic carbocycles. The van der Waals surface area contributed by atoms with Gasteiger partial charge in [-0.15, -0.1) is 11.3 Å². The van der Waals surface area contributed by atoms with Crippen LogP contribution in [0.2, 0.25) is 0 Å². The third kappa shape index (κ3) is 3.68. The van der Waals surface area contributed by atoms with Gasteiger partial charge in [0.05, 0.1) is 18.3 Å². The maximum Gasteiger partial charge on any atom is 0.348 e. The molecule has 0 N–H and O–H groups in total. The van der Waals surface area contributed by atoms with E-state index in [2.05, 4.69) is 0 Å². The van der Waals surface area contributed by atoms with Crippen LogP contribution in [0.15, 0.2) is 72.1 Å². The van der Waals surface area contributed by atoms with E-state index in [1.54, 1.807) is 13.2 Å². The smallest absolute Gasteiger partial charge is 0.348 e. The van der Waals surface area contributed by atoms with Crippen molar-refractivity contribution in [2.75, 3.05) is 7.11 Å². The molecule has 0 radical (unpaired) electrons. The predicted octanol–water partition coefficient (Wildman–Crippen LogP) is 5.33. The Morgan fingerprint density at radius 3 is 2.59 bits per heavy atom. The zero-order valence-corrected chi connectivity index (χ0v) is 15.5. The van der Waals surface area contributed by atoms with Crippen molar-refractivity contribution < 1.29 is 14.3 Å². The number of carbonyl (C=O) groups is 1. The molecule has 0 fully saturated rings. The highest BCUT2D eigenvalue weighted by molar-refractivity contribution is 7.11. The second-order valence-electron chi connectivity index (χ2n) is 5.98. The summed E-state index contributed by atoms with van der Waals surface area (Å²) in [5.41, 5.74) is 3.64. The molecule has 0 aliphatic rings. The average molecular weight is 375 g/mol. The summed E-state index contributed by atoms with van der Waals surface area (Å²) in [7, 11) is 1.66. The first-order chi connectivity index (χ1) is 13.2. The van der Waals surface area contributed by atoms with Gasteiger partial charge in [0.1, 0.15) is 17.2 Å². The largest absolute Gasteiger partial charge is 0.496 e. The number of nitrogens with zero attached hydrogens (tertiary/aromatic N) is 1. The van der Waals surface area contributed by atoms with Gasteiger partial charge in [0.25, 0.3) is 0 Å². The van der Waals surface area contributed by atoms with E-state index < -0.39 is 0 Å². The minimum atomic E-state index is -0.296. The van der Waals surface area contributed by atoms with E-state index in [4.69, 9.17) is 14.5 Å². The first-order valence-corrected chi connectivity index (χ1v) is 9.36. The molecule has 0 amide bonds. The summed E-state index contributed by atoms with van der Waals surface area (Å²) in [4.78, 5) is 17.3. The average Bonchev–Trinajstić information content (AvgIpc) is 3.26. The number of pyridine rings is 1. The van der Waals surface area contributed by atoms with Crippen LogP contribution in [0.25, 0.3) is 22.2 Å². The number of benzene rings is 2. The zero-order valence-electron chi connectivity index (χ0n) is 14.7. The number of ether oxygens (including phenoxy) is 2. The molecule has 0 aliphatic heterocycles. The summed E-state index contributed by atoms with van der Waals surface area (Å²) in [5, 5.41) is 2.84. The van der Waals surface area contributed by atoms with E-state index in [9.17, 15) is 4.79 Å². The van der Waals surface area contributed by atoms with Crippen molar-refractivity contribution >= 4 is 28.2 Å². The Hall–Kier alpha value is -3.18. The Kier molecular flexibility index (Phi) is 4.85. The molecule has 4 rings (SSSR count). The predicted molar refractivity (Wildman–Crippen MR) is 107 cm³/mol. The third-order valence-corrected chi connectivity index (χ3v) is 5.09. The second kappa shape index (κ2) is 7.60. The Bertz CT molecular complexity index is 1070. The van der Waals surface area contributed by atoms with E-state index in [0.717, 1.165) is 33.5 Å². The molecule has 0 unspecified atom stereocenters. The monoisotopic (exact) mass is 375 g/mol. The van der Waals surface area contributed by atoms with E-state index >= 15 is 0 Å². The molecule has 134 valence electrons. The van der Waals surface area contributed by atoms with Crippen molar-refractivity contribution in [2.45, 2.75) is 6.61 Å². The number of hydrogen-bond donors (Lipinski definition) is 0. The van der Waals surface area contributed by atoms with Gasteiger partial charge in [0.2, 0.25) is 0 Å². The molecule has 2 heterocycles. The van der Waals surface area contributed by atoms with Crippen molar-refractivity contribution in [1.82, 2.24) is 4.98 Å². The Balaban J connectivity index is 1.54. The number of fused-ring (bicyclic) bond motifs is 1. The van der Waals surface area contributed by atoms with Gasteiger partial charge < -0.3 is 9.47 Å². The van der Waals surface area contributed by atoms with Crippen LogP contribution in [0, 0.1) is 0 Å². The van der Waals surface area contributed by atoms with Crippen LogP contribution in [0.4, 0.5) is 0 Å². The van der Waals surface area contributed by atoms with Crippen LogP contribution < -0.4 is 4.74 Å². The molecular formula is C22H17NO3S. The fourth-order valence-corrected chi connectivity index (χ4v) is 3.46. The lowest BCUT2D eigenvalue weighted by Crippen LogP contribution is -2.03. The molecule has 0 saturated heterocycles. The van der Waals surface area contributed by atoms with Gasteiger partial charge in [-0.1, -0.05) is 42.5 Å². The van der Waals surface area contributed by atoms with E-state index in [-0.39, 0.29) is 12.6 Å². The van der Waals surface area contributed by atoms with Crippen LogP contribution in [-0.2, 0) is 11.3 Å². The van der Waals surface area contributed by atoms with Crippen molar-refractivity contribution in [2.24, 2.45) is 0 Å². The van der Waals surface area contributed by atoms with Crippen LogP contribution in [0.1, 0.15) is 15.2 Å². The minimum absolute atomic E-state index is 0.242. The molecule has 2 aromatic carbocycles. The summed E-state index contributed by atoms with van der Waals surface area (Å²) in [5.74, 6) is 0.500. The Morgan fingerprint density at radius 1 is 1.04 bits per heavy atom. The number of esters is 1. The zero-order chi connectivity index (χ0) is 18.6. The molecule has 0 bridgehead atoms. The summed E-state index contributed by atoms with van der Waals surface area (Å²) in [6.45, 7) is 0.242. The van der Waals surface area contributed by atoms with E-state index in [1.165, 1.54) is 11.3 Å². The number of hydrogen-bond acceptors (Lipinski definition) is 5. The van der Waals surface area contributed by atoms with Gasteiger partial charge in [-0.05, 0) is 29.1 Å². The number of carbonyl (C=O) groups excluding carboxylic acids is 1. The highest BCUT2D eigenvalue weighted by Crippen LogP contribution is 2.29. The highest BCUT2D eigenvalue weighted by atomic mass is 32.1. The van der Waals surface area contributed by atoms with Gasteiger partial charge in [-0.2, -0.15) is 0 Å². The molecule has 0 spiro atoms. The lowest BCUT2D eigenvalue weighted by atomic mass is 10.1. The van der Waals surface area contributed by atoms with Crippen LogP contribution in [0.3, 0.4) is 0 Å². The van der Waals surface area contributed by atoms with Crippen molar-refractivity contribution in [3.63, 3.8) is 0 Å². The Labute approximate surface area is 161 Å². The summed E-state index contributed by atoms with van der Waals surface area (Å²) >= 11 is 1.38. The first kappa shape index (κ1) is 17.2. The van der Waals surface area contributed by atoms with Crippen LogP contribution in [-0.4, -0.2) is 18.1 Å². The highest BCUT2D eigenvalue weighted by Gasteiger charge is 2.10. The molecule has 0 atom stereocenters. The van der Waals surface area contributed by atoms with Crippen molar-refractivity contribution in [3.05, 3.63) is 82.6 Å². The fraction of sp³-hybridized carbons (Fsp3) is 0.0909. The molecule has 4 nitrogen and oxygen atoms in total. The Morgan fingerprint density at radius 2 is 1.85 bits per heavy atom. The van der Waals surface area contributed by atoms with Gasteiger partial charge in [-0.3, -0.25) is 0 Å². The number of aromatic nitrogens is 1. The number of thiophene rings is 1. The number of rotatable bonds is 5. The third-order valence-electron chi connectivity index (χ3n) is 4.24. The van der Waals surface area contributed by atoms with Crippen molar-refractivity contribution in [1.29, 1.82) is 0 Å². The molecule has 0 saturated carbocycles. The molecule has 4 aromatic rings. The quantitative estimate of drug-likeness (QED) is 0.443. The van der Waals surface area contributed by atoms with Crippen LogP contribution >= 0.6 is 11.3 Å². The lowest BCUT2D eigenvalue weighted by Gasteiger charge is -2.09. The van der Waals surface area contributed by atoms with E-state index in [0.29, 0.717) is 4.88 Å². The first-order valence-electron chi connectivity index (χ1n) is 8.48. The fourth-order valence-electron chi connectivity index (χ4n) is 2.85. The standard InChI is InChI=1S/C22H17NO3S/c1-25-20-13-19(23-18-6-3-2-5-17(18)20)16-10-8-15(9-11-16)14-26-22(24)21-7-4-12-27-21/h2-13H,14H2,1H3. The van der Waals surface area contributed by atoms with Gasteiger partial charge in [-0.25, -0.2) is 9.78 Å².